The highest BCUT2D eigenvalue weighted by atomic mass is 16.2. The average Bonchev–Trinajstić information content (AvgIpc) is 2.92. The fourth-order valence-corrected chi connectivity index (χ4v) is 3.19. The molecule has 1 fully saturated rings. The van der Waals surface area contributed by atoms with Gasteiger partial charge in [-0.1, -0.05) is 26.0 Å². The highest BCUT2D eigenvalue weighted by Crippen LogP contribution is 2.22. The summed E-state index contributed by atoms with van der Waals surface area (Å²) in [7, 11) is 0. The van der Waals surface area contributed by atoms with E-state index in [0.29, 0.717) is 0 Å². The second-order valence-corrected chi connectivity index (χ2v) is 6.93. The van der Waals surface area contributed by atoms with Crippen molar-refractivity contribution in [2.24, 2.45) is 11.8 Å². The van der Waals surface area contributed by atoms with Crippen LogP contribution in [0.3, 0.4) is 0 Å². The van der Waals surface area contributed by atoms with Gasteiger partial charge in [-0.15, -0.1) is 0 Å². The van der Waals surface area contributed by atoms with E-state index in [1.165, 1.54) is 17.7 Å². The third kappa shape index (κ3) is 4.54. The summed E-state index contributed by atoms with van der Waals surface area (Å²) in [6, 6.07) is 10.6. The monoisotopic (exact) mass is 340 g/mol. The molecule has 6 heteroatoms. The van der Waals surface area contributed by atoms with Crippen molar-refractivity contribution < 1.29 is 4.79 Å². The van der Waals surface area contributed by atoms with Crippen molar-refractivity contribution >= 4 is 11.6 Å². The topological polar surface area (TPSA) is 78.1 Å². The molecule has 1 aliphatic heterocycles. The zero-order chi connectivity index (χ0) is 17.8. The molecule has 1 amide bonds. The van der Waals surface area contributed by atoms with Gasteiger partial charge in [0.1, 0.15) is 5.69 Å². The zero-order valence-corrected chi connectivity index (χ0v) is 14.7. The average molecular weight is 340 g/mol. The van der Waals surface area contributed by atoms with Crippen LogP contribution < -0.4 is 10.9 Å². The van der Waals surface area contributed by atoms with Gasteiger partial charge < -0.3 is 10.2 Å². The Labute approximate surface area is 147 Å². The van der Waals surface area contributed by atoms with Gasteiger partial charge in [-0.2, -0.15) is 5.10 Å². The molecule has 2 atom stereocenters. The van der Waals surface area contributed by atoms with E-state index in [9.17, 15) is 9.59 Å². The molecule has 3 rings (SSSR count). The Kier molecular flexibility index (Phi) is 5.28. The molecule has 6 nitrogen and oxygen atoms in total. The van der Waals surface area contributed by atoms with Gasteiger partial charge in [-0.3, -0.25) is 9.59 Å². The fraction of sp³-hybridized carbons (Fsp3) is 0.421. The van der Waals surface area contributed by atoms with Crippen LogP contribution in [0.5, 0.6) is 0 Å². The number of likely N-dealkylation sites (tertiary alicyclic amines) is 1. The van der Waals surface area contributed by atoms with Gasteiger partial charge in [0.2, 0.25) is 0 Å². The fourth-order valence-electron chi connectivity index (χ4n) is 3.19. The first-order valence-electron chi connectivity index (χ1n) is 8.69. The molecular weight excluding hydrogens is 316 g/mol. The zero-order valence-electron chi connectivity index (χ0n) is 14.7. The number of carbonyl (C=O) groups excluding carboxylic acids is 1. The molecule has 2 aromatic rings. The van der Waals surface area contributed by atoms with Crippen LogP contribution >= 0.6 is 0 Å². The van der Waals surface area contributed by atoms with Gasteiger partial charge in [-0.25, -0.2) is 5.10 Å². The van der Waals surface area contributed by atoms with Crippen LogP contribution in [-0.4, -0.2) is 40.6 Å². The van der Waals surface area contributed by atoms with Gasteiger partial charge >= 0.3 is 0 Å². The van der Waals surface area contributed by atoms with E-state index in [0.717, 1.165) is 43.6 Å². The summed E-state index contributed by atoms with van der Waals surface area (Å²) in [4.78, 5) is 25.7. The predicted octanol–water partition coefficient (Wildman–Crippen LogP) is 2.15. The van der Waals surface area contributed by atoms with Crippen LogP contribution in [-0.2, 0) is 6.42 Å². The largest absolute Gasteiger partial charge is 0.321 e. The number of nitrogens with zero attached hydrogens (tertiary/aromatic N) is 2. The lowest BCUT2D eigenvalue weighted by molar-refractivity contribution is 0.102. The van der Waals surface area contributed by atoms with Crippen molar-refractivity contribution in [3.05, 3.63) is 58.0 Å². The van der Waals surface area contributed by atoms with Gasteiger partial charge in [-0.05, 0) is 42.0 Å². The molecule has 0 bridgehead atoms. The van der Waals surface area contributed by atoms with Crippen molar-refractivity contribution in [1.29, 1.82) is 0 Å². The highest BCUT2D eigenvalue weighted by molar-refractivity contribution is 6.02. The second kappa shape index (κ2) is 7.61. The van der Waals surface area contributed by atoms with Crippen molar-refractivity contribution in [3.63, 3.8) is 0 Å². The number of anilines is 1. The van der Waals surface area contributed by atoms with Crippen molar-refractivity contribution in [1.82, 2.24) is 15.1 Å². The van der Waals surface area contributed by atoms with E-state index in [1.54, 1.807) is 0 Å². The number of aromatic amines is 1. The minimum atomic E-state index is -0.337. The van der Waals surface area contributed by atoms with E-state index >= 15 is 0 Å². The quantitative estimate of drug-likeness (QED) is 0.874. The van der Waals surface area contributed by atoms with Gasteiger partial charge in [0, 0.05) is 31.4 Å². The molecule has 132 valence electrons. The summed E-state index contributed by atoms with van der Waals surface area (Å²) < 4.78 is 0. The maximum absolute atomic E-state index is 12.2. The number of benzene rings is 1. The molecule has 0 aliphatic carbocycles. The Morgan fingerprint density at radius 3 is 2.68 bits per heavy atom. The number of rotatable bonds is 5. The van der Waals surface area contributed by atoms with Crippen molar-refractivity contribution in [2.75, 3.05) is 25.0 Å². The van der Waals surface area contributed by atoms with Gasteiger partial charge in [0.15, 0.2) is 0 Å². The Bertz CT molecular complexity index is 772. The lowest BCUT2D eigenvalue weighted by Gasteiger charge is -2.15. The minimum absolute atomic E-state index is 0.185. The van der Waals surface area contributed by atoms with Crippen LogP contribution in [0, 0.1) is 11.8 Å². The lowest BCUT2D eigenvalue weighted by atomic mass is 10.0. The molecule has 2 unspecified atom stereocenters. The number of aromatic nitrogens is 2. The van der Waals surface area contributed by atoms with E-state index < -0.39 is 0 Å². The number of nitrogens with one attached hydrogen (secondary N) is 2. The first-order valence-corrected chi connectivity index (χ1v) is 8.69. The summed E-state index contributed by atoms with van der Waals surface area (Å²) in [6.45, 7) is 7.98. The van der Waals surface area contributed by atoms with E-state index in [1.807, 2.05) is 18.2 Å². The maximum Gasteiger partial charge on any atom is 0.276 e. The van der Waals surface area contributed by atoms with Crippen LogP contribution in [0.15, 0.2) is 41.2 Å². The Hall–Kier alpha value is -2.47. The Morgan fingerprint density at radius 1 is 1.24 bits per heavy atom. The van der Waals surface area contributed by atoms with Gasteiger partial charge in [0.05, 0.1) is 0 Å². The lowest BCUT2D eigenvalue weighted by Crippen LogP contribution is -2.23. The van der Waals surface area contributed by atoms with Crippen LogP contribution in [0.4, 0.5) is 5.69 Å². The molecule has 1 aromatic carbocycles. The predicted molar refractivity (Wildman–Crippen MR) is 97.7 cm³/mol. The van der Waals surface area contributed by atoms with Crippen LogP contribution in [0.1, 0.15) is 29.9 Å². The molecule has 1 saturated heterocycles. The van der Waals surface area contributed by atoms with E-state index in [2.05, 4.69) is 40.3 Å². The van der Waals surface area contributed by atoms with Crippen LogP contribution in [0.25, 0.3) is 0 Å². The number of amides is 1. The van der Waals surface area contributed by atoms with Crippen LogP contribution in [0.2, 0.25) is 0 Å². The molecular formula is C19H24N4O2. The van der Waals surface area contributed by atoms with E-state index in [-0.39, 0.29) is 17.2 Å². The Morgan fingerprint density at radius 2 is 2.00 bits per heavy atom. The second-order valence-electron chi connectivity index (χ2n) is 6.93. The molecule has 1 aromatic heterocycles. The minimum Gasteiger partial charge on any atom is -0.321 e. The molecule has 1 aliphatic rings. The summed E-state index contributed by atoms with van der Waals surface area (Å²) in [5.41, 5.74) is 1.78. The Balaban J connectivity index is 1.58. The first kappa shape index (κ1) is 17.4. The molecule has 2 heterocycles. The first-order chi connectivity index (χ1) is 12.0. The normalized spacial score (nSPS) is 20.6. The van der Waals surface area contributed by atoms with Crippen molar-refractivity contribution in [2.45, 2.75) is 20.3 Å². The highest BCUT2D eigenvalue weighted by Gasteiger charge is 2.25. The van der Waals surface area contributed by atoms with Crippen molar-refractivity contribution in [3.8, 4) is 0 Å². The standard InChI is InChI=1S/C19H24N4O2/c1-13-11-23(12-14(13)2)9-8-15-4-3-5-16(10-15)20-19(25)17-6-7-18(24)22-21-17/h3-7,10,13-14H,8-9,11-12H2,1-2H3,(H,20,25)(H,22,24). The number of hydrogen-bond donors (Lipinski definition) is 2. The number of hydrogen-bond acceptors (Lipinski definition) is 4. The third-order valence-corrected chi connectivity index (χ3v) is 4.88. The molecule has 0 radical (unpaired) electrons. The summed E-state index contributed by atoms with van der Waals surface area (Å²) in [5.74, 6) is 1.18. The number of H-pyrrole nitrogens is 1. The van der Waals surface area contributed by atoms with E-state index in [4.69, 9.17) is 0 Å². The smallest absolute Gasteiger partial charge is 0.276 e. The summed E-state index contributed by atoms with van der Waals surface area (Å²) in [5, 5.41) is 8.83. The number of carbonyl (C=O) groups is 1. The van der Waals surface area contributed by atoms with Gasteiger partial charge in [0.25, 0.3) is 11.5 Å². The summed E-state index contributed by atoms with van der Waals surface area (Å²) in [6.07, 6.45) is 0.958. The summed E-state index contributed by atoms with van der Waals surface area (Å²) >= 11 is 0. The SMILES string of the molecule is CC1CN(CCc2cccc(NC(=O)c3ccc(=O)[nH]n3)c2)CC1C. The molecule has 2 N–H and O–H groups in total. The molecule has 0 spiro atoms. The third-order valence-electron chi connectivity index (χ3n) is 4.88. The molecule has 0 saturated carbocycles. The maximum atomic E-state index is 12.2. The molecule has 25 heavy (non-hydrogen) atoms.